The Labute approximate surface area is 433 Å². The van der Waals surface area contributed by atoms with Crippen LogP contribution in [0.5, 0.6) is 0 Å². The number of aryl methyl sites for hydroxylation is 4. The predicted octanol–water partition coefficient (Wildman–Crippen LogP) is 14.7. The fraction of sp³-hybridized carbons (Fsp3) is 0.0806. The summed E-state index contributed by atoms with van der Waals surface area (Å²) in [6, 6.07) is 57.2. The number of rotatable bonds is 8. The van der Waals surface area contributed by atoms with Crippen molar-refractivity contribution in [3.8, 4) is 79.4 Å². The van der Waals surface area contributed by atoms with Crippen LogP contribution >= 0.6 is 0 Å². The number of hydrogen-bond donors (Lipinski definition) is 0. The number of halogens is 3. The summed E-state index contributed by atoms with van der Waals surface area (Å²) in [6.07, 6.45) is -4.68. The second-order valence-corrected chi connectivity index (χ2v) is 18.7. The number of para-hydroxylation sites is 2. The van der Waals surface area contributed by atoms with E-state index in [9.17, 15) is 0 Å². The highest BCUT2D eigenvalue weighted by molar-refractivity contribution is 6.12. The first kappa shape index (κ1) is 46.0. The van der Waals surface area contributed by atoms with Gasteiger partial charge >= 0.3 is 6.18 Å². The lowest BCUT2D eigenvalue weighted by atomic mass is 9.96. The van der Waals surface area contributed by atoms with Gasteiger partial charge in [-0.2, -0.15) is 13.2 Å². The van der Waals surface area contributed by atoms with Gasteiger partial charge in [0.05, 0.1) is 39.0 Å². The summed E-state index contributed by atoms with van der Waals surface area (Å²) in [6.45, 7) is 7.35. The van der Waals surface area contributed by atoms with Crippen molar-refractivity contribution in [1.29, 1.82) is 0 Å². The Balaban J connectivity index is 1.11. The van der Waals surface area contributed by atoms with Gasteiger partial charge in [0.15, 0.2) is 29.1 Å². The molecule has 8 aromatic carbocycles. The van der Waals surface area contributed by atoms with Gasteiger partial charge in [0, 0.05) is 60.5 Å². The molecular formula is C62H42F3N11. The first-order valence-corrected chi connectivity index (χ1v) is 24.6. The molecule has 0 saturated heterocycles. The molecular weight excluding hydrogens is 956 g/mol. The van der Waals surface area contributed by atoms with Gasteiger partial charge in [-0.25, -0.2) is 44.9 Å². The molecule has 5 aromatic heterocycles. The normalized spacial score (nSPS) is 11.9. The van der Waals surface area contributed by atoms with E-state index in [1.807, 2.05) is 184 Å². The maximum absolute atomic E-state index is 15.3. The third kappa shape index (κ3) is 8.07. The lowest BCUT2D eigenvalue weighted by Crippen LogP contribution is -2.08. The molecule has 0 atom stereocenters. The maximum Gasteiger partial charge on any atom is 0.416 e. The number of hydrogen-bond acceptors (Lipinski definition) is 9. The maximum atomic E-state index is 15.3. The molecule has 0 radical (unpaired) electrons. The second-order valence-electron chi connectivity index (χ2n) is 18.7. The fourth-order valence-corrected chi connectivity index (χ4v) is 10.4. The molecule has 366 valence electrons. The van der Waals surface area contributed by atoms with Gasteiger partial charge in [0.2, 0.25) is 0 Å². The molecule has 0 fully saturated rings. The van der Waals surface area contributed by atoms with E-state index in [4.69, 9.17) is 24.9 Å². The van der Waals surface area contributed by atoms with Crippen LogP contribution in [0.2, 0.25) is 0 Å². The molecule has 0 aliphatic rings. The van der Waals surface area contributed by atoms with E-state index in [0.717, 1.165) is 71.9 Å². The van der Waals surface area contributed by atoms with Crippen LogP contribution in [-0.2, 0) is 6.18 Å². The molecule has 5 heterocycles. The van der Waals surface area contributed by atoms with Gasteiger partial charge in [-0.15, -0.1) is 0 Å². The monoisotopic (exact) mass is 997 g/mol. The highest BCUT2D eigenvalue weighted by atomic mass is 19.4. The van der Waals surface area contributed by atoms with Crippen molar-refractivity contribution in [1.82, 2.24) is 54.0 Å². The van der Waals surface area contributed by atoms with Crippen molar-refractivity contribution < 1.29 is 13.2 Å². The summed E-state index contributed by atoms with van der Waals surface area (Å²) in [5, 5.41) is 3.60. The molecule has 0 aliphatic heterocycles. The second kappa shape index (κ2) is 18.0. The molecule has 76 heavy (non-hydrogen) atoms. The van der Waals surface area contributed by atoms with Crippen LogP contribution < -0.4 is 0 Å². The Bertz CT molecular complexity index is 4360. The van der Waals surface area contributed by atoms with E-state index >= 15 is 13.2 Å². The molecule has 13 aromatic rings. The first-order valence-electron chi connectivity index (χ1n) is 24.6. The van der Waals surface area contributed by atoms with E-state index in [1.165, 1.54) is 6.07 Å². The topological polar surface area (TPSA) is 126 Å². The molecule has 0 N–H and O–H groups in total. The predicted molar refractivity (Wildman–Crippen MR) is 292 cm³/mol. The van der Waals surface area contributed by atoms with Gasteiger partial charge in [0.1, 0.15) is 23.3 Å². The molecule has 0 amide bonds. The number of aromatic nitrogens is 11. The Hall–Kier alpha value is -9.82. The average Bonchev–Trinajstić information content (AvgIpc) is 4.04. The van der Waals surface area contributed by atoms with Crippen LogP contribution in [0.15, 0.2) is 182 Å². The molecule has 11 nitrogen and oxygen atoms in total. The van der Waals surface area contributed by atoms with Crippen molar-refractivity contribution in [3.63, 3.8) is 0 Å². The smallest absolute Gasteiger partial charge is 0.309 e. The number of alkyl halides is 3. The Kier molecular flexibility index (Phi) is 10.9. The third-order valence-corrected chi connectivity index (χ3v) is 13.6. The zero-order valence-corrected chi connectivity index (χ0v) is 41.4. The minimum atomic E-state index is -4.68. The zero-order chi connectivity index (χ0) is 51.8. The minimum Gasteiger partial charge on any atom is -0.309 e. The fourth-order valence-electron chi connectivity index (χ4n) is 10.4. The van der Waals surface area contributed by atoms with E-state index in [1.54, 1.807) is 6.07 Å². The molecule has 0 aliphatic carbocycles. The first-order chi connectivity index (χ1) is 36.9. The van der Waals surface area contributed by atoms with Crippen LogP contribution in [-0.4, -0.2) is 54.0 Å². The van der Waals surface area contributed by atoms with Crippen LogP contribution in [0.3, 0.4) is 0 Å². The molecule has 14 heteroatoms. The van der Waals surface area contributed by atoms with Gasteiger partial charge < -0.3 is 9.13 Å². The molecule has 0 unspecified atom stereocenters. The Morgan fingerprint density at radius 2 is 0.697 bits per heavy atom. The van der Waals surface area contributed by atoms with Crippen LogP contribution in [0.25, 0.3) is 123 Å². The Morgan fingerprint density at radius 1 is 0.303 bits per heavy atom. The number of benzene rings is 8. The summed E-state index contributed by atoms with van der Waals surface area (Å²) < 4.78 is 50.1. The molecule has 13 rings (SSSR count). The Morgan fingerprint density at radius 3 is 1.18 bits per heavy atom. The highest BCUT2D eigenvalue weighted by Gasteiger charge is 2.33. The van der Waals surface area contributed by atoms with Crippen LogP contribution in [0.1, 0.15) is 28.9 Å². The van der Waals surface area contributed by atoms with Gasteiger partial charge in [-0.3, -0.25) is 0 Å². The summed E-state index contributed by atoms with van der Waals surface area (Å²) in [5.41, 5.74) is 8.22. The van der Waals surface area contributed by atoms with E-state index < -0.39 is 11.7 Å². The minimum absolute atomic E-state index is 0.344. The third-order valence-electron chi connectivity index (χ3n) is 13.6. The van der Waals surface area contributed by atoms with Gasteiger partial charge in [-0.05, 0) is 100 Å². The van der Waals surface area contributed by atoms with Crippen molar-refractivity contribution in [3.05, 3.63) is 211 Å². The molecule has 0 bridgehead atoms. The summed E-state index contributed by atoms with van der Waals surface area (Å²) >= 11 is 0. The zero-order valence-electron chi connectivity index (χ0n) is 41.4. The summed E-state index contributed by atoms with van der Waals surface area (Å²) in [5.74, 6) is 4.80. The van der Waals surface area contributed by atoms with Crippen LogP contribution in [0, 0.1) is 27.7 Å². The van der Waals surface area contributed by atoms with Crippen molar-refractivity contribution in [2.75, 3.05) is 0 Å². The van der Waals surface area contributed by atoms with E-state index in [2.05, 4.69) is 36.6 Å². The standard InChI is InChI=1S/C62H42F3N11/c1-35-66-36(2)69-59(68-35)41-24-28-53-48(31-41)45-19-11-13-21-51(45)75(53)55-30-26-44(62(63,64)65)34-50(55)47-27-23-43(61-73-57(39-15-7-5-8-16-39)72-58(74-61)40-17-9-6-10-18-40)33-56(47)76-52-22-14-12-20-46(52)49-32-42(25-29-54(49)76)60-70-37(3)67-38(4)71-60/h5-34H,1-4H3. The summed E-state index contributed by atoms with van der Waals surface area (Å²) in [7, 11) is 0. The van der Waals surface area contributed by atoms with Gasteiger partial charge in [-0.1, -0.05) is 109 Å². The van der Waals surface area contributed by atoms with Gasteiger partial charge in [0.25, 0.3) is 0 Å². The largest absolute Gasteiger partial charge is 0.416 e. The summed E-state index contributed by atoms with van der Waals surface area (Å²) in [4.78, 5) is 42.7. The lowest BCUT2D eigenvalue weighted by Gasteiger charge is -2.21. The highest BCUT2D eigenvalue weighted by Crippen LogP contribution is 2.45. The number of nitrogens with zero attached hydrogens (tertiary/aromatic N) is 11. The number of fused-ring (bicyclic) bond motifs is 6. The van der Waals surface area contributed by atoms with Crippen molar-refractivity contribution in [2.24, 2.45) is 0 Å². The van der Waals surface area contributed by atoms with E-state index in [-0.39, 0.29) is 0 Å². The average molecular weight is 998 g/mol. The van der Waals surface area contributed by atoms with Crippen LogP contribution in [0.4, 0.5) is 13.2 Å². The van der Waals surface area contributed by atoms with E-state index in [0.29, 0.717) is 80.5 Å². The van der Waals surface area contributed by atoms with Crippen molar-refractivity contribution in [2.45, 2.75) is 33.9 Å². The van der Waals surface area contributed by atoms with Crippen molar-refractivity contribution >= 4 is 43.6 Å². The quantitative estimate of drug-likeness (QED) is 0.146. The lowest BCUT2D eigenvalue weighted by molar-refractivity contribution is -0.137. The SMILES string of the molecule is Cc1nc(C)nc(-c2ccc3c(c2)c2ccccc2n3-c2ccc(C(F)(F)F)cc2-c2ccc(-c3nc(-c4ccccc4)nc(-c4ccccc4)n3)cc2-n2c3ccccc3c3cc(-c4nc(C)nc(C)n4)ccc32)n1. The molecule has 0 spiro atoms. The molecule has 0 saturated carbocycles.